The number of nitrogens with zero attached hydrogens (tertiary/aromatic N) is 2. The second kappa shape index (κ2) is 13.8. The predicted octanol–water partition coefficient (Wildman–Crippen LogP) is 6.23. The average Bonchev–Trinajstić information content (AvgIpc) is 3.28. The monoisotopic (exact) mass is 619 g/mol. The fraction of sp³-hybridized carbons (Fsp3) is 0.250. The van der Waals surface area contributed by atoms with Gasteiger partial charge in [-0.05, 0) is 96.8 Å². The molecule has 3 aromatic rings. The van der Waals surface area contributed by atoms with E-state index in [0.717, 1.165) is 48.2 Å². The van der Waals surface area contributed by atoms with Gasteiger partial charge in [0, 0.05) is 29.4 Å². The maximum absolute atomic E-state index is 12.9. The van der Waals surface area contributed by atoms with Gasteiger partial charge < -0.3 is 19.7 Å². The Morgan fingerprint density at radius 1 is 0.953 bits per heavy atom. The highest BCUT2D eigenvalue weighted by molar-refractivity contribution is 8.18. The lowest BCUT2D eigenvalue weighted by atomic mass is 10.1. The van der Waals surface area contributed by atoms with Gasteiger partial charge in [-0.2, -0.15) is 0 Å². The van der Waals surface area contributed by atoms with Gasteiger partial charge in [-0.25, -0.2) is 0 Å². The molecule has 2 heterocycles. The highest BCUT2D eigenvalue weighted by Crippen LogP contribution is 2.35. The Hall–Kier alpha value is -4.28. The molecule has 0 atom stereocenters. The molecule has 0 saturated carbocycles. The van der Waals surface area contributed by atoms with E-state index in [4.69, 9.17) is 21.1 Å². The van der Waals surface area contributed by atoms with Gasteiger partial charge in [-0.3, -0.25) is 24.1 Å². The number of hydrogen-bond donors (Lipinski definition) is 1. The first kappa shape index (κ1) is 30.2. The molecule has 2 aliphatic heterocycles. The molecule has 3 aromatic carbocycles. The molecule has 2 saturated heterocycles. The summed E-state index contributed by atoms with van der Waals surface area (Å²) in [5, 5.41) is 2.64. The van der Waals surface area contributed by atoms with Crippen molar-refractivity contribution in [1.82, 2.24) is 9.80 Å². The van der Waals surface area contributed by atoms with Gasteiger partial charge in [0.1, 0.15) is 13.2 Å². The Labute approximate surface area is 258 Å². The number of carbonyl (C=O) groups excluding carboxylic acids is 4. The number of methoxy groups -OCH3 is 1. The summed E-state index contributed by atoms with van der Waals surface area (Å²) in [4.78, 5) is 53.6. The second-order valence-corrected chi connectivity index (χ2v) is 11.5. The van der Waals surface area contributed by atoms with Crippen molar-refractivity contribution < 1.29 is 28.7 Å². The van der Waals surface area contributed by atoms with Gasteiger partial charge >= 0.3 is 0 Å². The van der Waals surface area contributed by atoms with Gasteiger partial charge in [0.15, 0.2) is 11.5 Å². The molecule has 1 N–H and O–H groups in total. The first-order valence-corrected chi connectivity index (χ1v) is 15.0. The summed E-state index contributed by atoms with van der Waals surface area (Å²) < 4.78 is 11.5. The summed E-state index contributed by atoms with van der Waals surface area (Å²) in [7, 11) is 1.51. The summed E-state index contributed by atoms with van der Waals surface area (Å²) in [6.45, 7) is 1.47. The van der Waals surface area contributed by atoms with Crippen LogP contribution in [0.5, 0.6) is 11.5 Å². The summed E-state index contributed by atoms with van der Waals surface area (Å²) in [5.74, 6) is -0.0455. The van der Waals surface area contributed by atoms with Gasteiger partial charge in [0.25, 0.3) is 17.1 Å². The van der Waals surface area contributed by atoms with Crippen molar-refractivity contribution in [3.63, 3.8) is 0 Å². The quantitative estimate of drug-likeness (QED) is 0.283. The molecule has 0 aliphatic carbocycles. The van der Waals surface area contributed by atoms with Crippen LogP contribution in [-0.4, -0.2) is 59.5 Å². The van der Waals surface area contributed by atoms with E-state index in [1.807, 2.05) is 29.2 Å². The number of hydrogen-bond acceptors (Lipinski definition) is 7. The standard InChI is InChI=1S/C32H30ClN3O6S/c1-41-27-17-22(18-28-31(39)36(32(40)43-28)19-29(37)34-25-12-10-24(33)11-13-25)7-14-26(27)42-20-21-5-8-23(9-6-21)30(38)35-15-3-2-4-16-35/h5-14,17-18H,2-4,15-16,19-20H2,1H3,(H,34,37)/b28-18-. The Morgan fingerprint density at radius 2 is 1.67 bits per heavy atom. The second-order valence-electron chi connectivity index (χ2n) is 10.1. The van der Waals surface area contributed by atoms with Crippen LogP contribution >= 0.6 is 23.4 Å². The van der Waals surface area contributed by atoms with Crippen molar-refractivity contribution in [2.75, 3.05) is 32.1 Å². The minimum absolute atomic E-state index is 0.0588. The number of benzene rings is 3. The molecule has 9 nitrogen and oxygen atoms in total. The third-order valence-corrected chi connectivity index (χ3v) is 8.19. The number of nitrogens with one attached hydrogen (secondary N) is 1. The lowest BCUT2D eigenvalue weighted by Crippen LogP contribution is -2.36. The molecule has 5 rings (SSSR count). The molecule has 11 heteroatoms. The Bertz CT molecular complexity index is 1550. The number of ether oxygens (including phenoxy) is 2. The van der Waals surface area contributed by atoms with Crippen molar-refractivity contribution in [2.45, 2.75) is 25.9 Å². The number of thioether (sulfide) groups is 1. The fourth-order valence-electron chi connectivity index (χ4n) is 4.74. The van der Waals surface area contributed by atoms with Gasteiger partial charge in [-0.15, -0.1) is 0 Å². The largest absolute Gasteiger partial charge is 0.493 e. The van der Waals surface area contributed by atoms with E-state index in [0.29, 0.717) is 33.3 Å². The SMILES string of the molecule is COc1cc(/C=C2\SC(=O)N(CC(=O)Nc3ccc(Cl)cc3)C2=O)ccc1OCc1ccc(C(=O)N2CCCCC2)cc1. The molecule has 2 fully saturated rings. The number of piperidine rings is 1. The average molecular weight is 620 g/mol. The highest BCUT2D eigenvalue weighted by Gasteiger charge is 2.36. The number of halogens is 1. The first-order chi connectivity index (χ1) is 20.8. The van der Waals surface area contributed by atoms with Crippen LogP contribution in [0.3, 0.4) is 0 Å². The topological polar surface area (TPSA) is 105 Å². The zero-order valence-electron chi connectivity index (χ0n) is 23.5. The summed E-state index contributed by atoms with van der Waals surface area (Å²) in [5.41, 5.74) is 2.70. The van der Waals surface area contributed by atoms with E-state index >= 15 is 0 Å². The van der Waals surface area contributed by atoms with Gasteiger partial charge in [0.2, 0.25) is 5.91 Å². The minimum atomic E-state index is -0.553. The molecule has 43 heavy (non-hydrogen) atoms. The number of anilines is 1. The van der Waals surface area contributed by atoms with Gasteiger partial charge in [0.05, 0.1) is 12.0 Å². The lowest BCUT2D eigenvalue weighted by molar-refractivity contribution is -0.127. The van der Waals surface area contributed by atoms with E-state index in [1.165, 1.54) is 13.5 Å². The Morgan fingerprint density at radius 3 is 2.37 bits per heavy atom. The van der Waals surface area contributed by atoms with Crippen molar-refractivity contribution >= 4 is 58.1 Å². The smallest absolute Gasteiger partial charge is 0.294 e. The van der Waals surface area contributed by atoms with Crippen molar-refractivity contribution in [3.05, 3.63) is 93.3 Å². The fourth-order valence-corrected chi connectivity index (χ4v) is 5.71. The number of imide groups is 1. The zero-order valence-corrected chi connectivity index (χ0v) is 25.1. The van der Waals surface area contributed by atoms with Crippen molar-refractivity contribution in [3.8, 4) is 11.5 Å². The van der Waals surface area contributed by atoms with Crippen molar-refractivity contribution in [2.24, 2.45) is 0 Å². The molecule has 222 valence electrons. The molecule has 0 aromatic heterocycles. The van der Waals surface area contributed by atoms with Crippen molar-refractivity contribution in [1.29, 1.82) is 0 Å². The molecular formula is C32H30ClN3O6S. The number of carbonyl (C=O) groups is 4. The molecule has 0 spiro atoms. The highest BCUT2D eigenvalue weighted by atomic mass is 35.5. The molecule has 0 radical (unpaired) electrons. The van der Waals surface area contributed by atoms with Crippen LogP contribution in [0.2, 0.25) is 5.02 Å². The maximum Gasteiger partial charge on any atom is 0.294 e. The van der Waals surface area contributed by atoms with E-state index in [9.17, 15) is 19.2 Å². The minimum Gasteiger partial charge on any atom is -0.493 e. The summed E-state index contributed by atoms with van der Waals surface area (Å²) >= 11 is 6.63. The number of rotatable bonds is 9. The lowest BCUT2D eigenvalue weighted by Gasteiger charge is -2.26. The summed E-state index contributed by atoms with van der Waals surface area (Å²) in [6, 6.07) is 19.1. The third kappa shape index (κ3) is 7.57. The van der Waals surface area contributed by atoms with Crippen LogP contribution in [0.1, 0.15) is 40.7 Å². The van der Waals surface area contributed by atoms with Crippen LogP contribution in [0.15, 0.2) is 71.6 Å². The van der Waals surface area contributed by atoms with Gasteiger partial charge in [-0.1, -0.05) is 29.8 Å². The van der Waals surface area contributed by atoms with Crippen LogP contribution in [-0.2, 0) is 16.2 Å². The van der Waals surface area contributed by atoms with E-state index < -0.39 is 23.6 Å². The predicted molar refractivity (Wildman–Crippen MR) is 166 cm³/mol. The maximum atomic E-state index is 12.9. The summed E-state index contributed by atoms with van der Waals surface area (Å²) in [6.07, 6.45) is 4.84. The molecule has 2 aliphatic rings. The van der Waals surface area contributed by atoms with Crippen LogP contribution in [0.25, 0.3) is 6.08 Å². The number of amides is 4. The van der Waals surface area contributed by atoms with Crippen LogP contribution in [0, 0.1) is 0 Å². The van der Waals surface area contributed by atoms with Crippen LogP contribution < -0.4 is 14.8 Å². The van der Waals surface area contributed by atoms with E-state index in [1.54, 1.807) is 48.5 Å². The molecular weight excluding hydrogens is 590 g/mol. The van der Waals surface area contributed by atoms with E-state index in [-0.39, 0.29) is 17.4 Å². The van der Waals surface area contributed by atoms with Crippen LogP contribution in [0.4, 0.5) is 10.5 Å². The number of likely N-dealkylation sites (tertiary alicyclic amines) is 1. The molecule has 4 amide bonds. The third-order valence-electron chi connectivity index (χ3n) is 7.03. The molecule has 0 bridgehead atoms. The zero-order chi connectivity index (χ0) is 30.3. The Balaban J connectivity index is 1.19. The van der Waals surface area contributed by atoms with E-state index in [2.05, 4.69) is 5.32 Å². The Kier molecular flexibility index (Phi) is 9.68. The first-order valence-electron chi connectivity index (χ1n) is 13.8. The normalized spacial score (nSPS) is 16.0. The molecule has 0 unspecified atom stereocenters.